The van der Waals surface area contributed by atoms with E-state index in [-0.39, 0.29) is 5.69 Å². The molecule has 6 heteroatoms. The lowest BCUT2D eigenvalue weighted by atomic mass is 10.1. The monoisotopic (exact) mass is 288 g/mol. The van der Waals surface area contributed by atoms with Crippen LogP contribution in [0.2, 0.25) is 0 Å². The molecule has 1 aromatic carbocycles. The molecule has 1 aromatic rings. The molecule has 2 rings (SSSR count). The van der Waals surface area contributed by atoms with Crippen molar-refractivity contribution in [1.29, 1.82) is 0 Å². The topological polar surface area (TPSA) is 38.5 Å². The molecule has 0 unspecified atom stereocenters. The molecular weight excluding hydrogens is 269 g/mol. The van der Waals surface area contributed by atoms with Crippen LogP contribution in [0.15, 0.2) is 18.2 Å². The van der Waals surface area contributed by atoms with Crippen LogP contribution < -0.4 is 10.5 Å². The Morgan fingerprint density at radius 1 is 1.15 bits per heavy atom. The van der Waals surface area contributed by atoms with E-state index in [4.69, 9.17) is 10.5 Å². The van der Waals surface area contributed by atoms with Gasteiger partial charge in [0.15, 0.2) is 0 Å². The van der Waals surface area contributed by atoms with Crippen LogP contribution in [-0.4, -0.2) is 31.1 Å². The lowest BCUT2D eigenvalue weighted by molar-refractivity contribution is -0.137. The molecule has 0 bridgehead atoms. The number of likely N-dealkylation sites (tertiary alicyclic amines) is 1. The lowest BCUT2D eigenvalue weighted by Crippen LogP contribution is -2.33. The summed E-state index contributed by atoms with van der Waals surface area (Å²) in [6.45, 7) is 3.34. The molecule has 0 saturated carbocycles. The number of rotatable bonds is 4. The van der Waals surface area contributed by atoms with E-state index in [1.807, 2.05) is 0 Å². The Morgan fingerprint density at radius 3 is 2.45 bits per heavy atom. The number of halogens is 3. The van der Waals surface area contributed by atoms with Crippen molar-refractivity contribution in [3.05, 3.63) is 23.8 Å². The molecule has 0 spiro atoms. The van der Waals surface area contributed by atoms with E-state index >= 15 is 0 Å². The first-order valence-electron chi connectivity index (χ1n) is 6.79. The minimum absolute atomic E-state index is 0.0264. The number of alkyl halides is 3. The van der Waals surface area contributed by atoms with E-state index in [1.165, 1.54) is 25.3 Å². The normalized spacial score (nSPS) is 17.1. The van der Waals surface area contributed by atoms with Crippen LogP contribution in [0, 0.1) is 0 Å². The standard InChI is InChI=1S/C14H19F3N2O/c15-14(16,17)11-4-5-13(12(18)10-11)20-9-8-19-6-2-1-3-7-19/h4-5,10H,1-3,6-9,18H2. The predicted molar refractivity (Wildman–Crippen MR) is 71.6 cm³/mol. The molecule has 20 heavy (non-hydrogen) atoms. The Morgan fingerprint density at radius 2 is 1.85 bits per heavy atom. The number of ether oxygens (including phenoxy) is 1. The van der Waals surface area contributed by atoms with Crippen molar-refractivity contribution in [3.8, 4) is 5.75 Å². The van der Waals surface area contributed by atoms with Gasteiger partial charge in [0, 0.05) is 6.54 Å². The average Bonchev–Trinajstić information content (AvgIpc) is 2.40. The van der Waals surface area contributed by atoms with Crippen LogP contribution in [0.5, 0.6) is 5.75 Å². The third-order valence-corrected chi connectivity index (χ3v) is 3.45. The van der Waals surface area contributed by atoms with Crippen LogP contribution in [0.4, 0.5) is 18.9 Å². The first-order valence-corrected chi connectivity index (χ1v) is 6.79. The first kappa shape index (κ1) is 15.0. The zero-order valence-electron chi connectivity index (χ0n) is 11.2. The third-order valence-electron chi connectivity index (χ3n) is 3.45. The lowest BCUT2D eigenvalue weighted by Gasteiger charge is -2.26. The number of anilines is 1. The van der Waals surface area contributed by atoms with Crippen LogP contribution >= 0.6 is 0 Å². The van der Waals surface area contributed by atoms with Gasteiger partial charge in [-0.15, -0.1) is 0 Å². The Balaban J connectivity index is 1.86. The Bertz CT molecular complexity index is 443. The van der Waals surface area contributed by atoms with Crippen molar-refractivity contribution in [1.82, 2.24) is 4.90 Å². The van der Waals surface area contributed by atoms with E-state index in [2.05, 4.69) is 4.90 Å². The largest absolute Gasteiger partial charge is 0.490 e. The number of piperidine rings is 1. The summed E-state index contributed by atoms with van der Waals surface area (Å²) in [5.41, 5.74) is 4.87. The fourth-order valence-electron chi connectivity index (χ4n) is 2.32. The van der Waals surface area contributed by atoms with Gasteiger partial charge in [0.05, 0.1) is 11.3 Å². The molecule has 0 amide bonds. The van der Waals surface area contributed by atoms with E-state index < -0.39 is 11.7 Å². The van der Waals surface area contributed by atoms with Gasteiger partial charge in [0.1, 0.15) is 12.4 Å². The van der Waals surface area contributed by atoms with E-state index in [0.717, 1.165) is 31.8 Å². The highest BCUT2D eigenvalue weighted by Crippen LogP contribution is 2.33. The molecule has 3 nitrogen and oxygen atoms in total. The molecule has 0 atom stereocenters. The van der Waals surface area contributed by atoms with Gasteiger partial charge in [-0.1, -0.05) is 6.42 Å². The highest BCUT2D eigenvalue weighted by molar-refractivity contribution is 5.54. The molecule has 0 aromatic heterocycles. The van der Waals surface area contributed by atoms with E-state index in [9.17, 15) is 13.2 Å². The van der Waals surface area contributed by atoms with Gasteiger partial charge in [-0.3, -0.25) is 4.90 Å². The molecule has 112 valence electrons. The van der Waals surface area contributed by atoms with Crippen LogP contribution in [-0.2, 0) is 6.18 Å². The highest BCUT2D eigenvalue weighted by atomic mass is 19.4. The summed E-state index contributed by atoms with van der Waals surface area (Å²) in [6, 6.07) is 3.19. The zero-order valence-corrected chi connectivity index (χ0v) is 11.2. The fourth-order valence-corrected chi connectivity index (χ4v) is 2.32. The van der Waals surface area contributed by atoms with Gasteiger partial charge in [-0.25, -0.2) is 0 Å². The molecule has 1 saturated heterocycles. The summed E-state index contributed by atoms with van der Waals surface area (Å²) < 4.78 is 42.9. The van der Waals surface area contributed by atoms with E-state index in [0.29, 0.717) is 12.4 Å². The molecule has 0 aliphatic carbocycles. The van der Waals surface area contributed by atoms with Gasteiger partial charge >= 0.3 is 6.18 Å². The maximum atomic E-state index is 12.5. The number of hydrogen-bond acceptors (Lipinski definition) is 3. The molecule has 1 aliphatic heterocycles. The first-order chi connectivity index (χ1) is 9.47. The minimum atomic E-state index is -4.37. The fraction of sp³-hybridized carbons (Fsp3) is 0.571. The van der Waals surface area contributed by atoms with Gasteiger partial charge in [0.25, 0.3) is 0 Å². The predicted octanol–water partition coefficient (Wildman–Crippen LogP) is 3.15. The summed E-state index contributed by atoms with van der Waals surface area (Å²) in [5, 5.41) is 0. The molecule has 1 heterocycles. The summed E-state index contributed by atoms with van der Waals surface area (Å²) >= 11 is 0. The summed E-state index contributed by atoms with van der Waals surface area (Å²) in [5.74, 6) is 0.315. The van der Waals surface area contributed by atoms with Crippen molar-refractivity contribution in [2.45, 2.75) is 25.4 Å². The maximum absolute atomic E-state index is 12.5. The van der Waals surface area contributed by atoms with Crippen molar-refractivity contribution in [2.24, 2.45) is 0 Å². The number of hydrogen-bond donors (Lipinski definition) is 1. The molecule has 2 N–H and O–H groups in total. The number of nitrogens with zero attached hydrogens (tertiary/aromatic N) is 1. The molecule has 1 fully saturated rings. The van der Waals surface area contributed by atoms with Crippen LogP contribution in [0.1, 0.15) is 24.8 Å². The van der Waals surface area contributed by atoms with Crippen LogP contribution in [0.25, 0.3) is 0 Å². The Labute approximate surface area is 116 Å². The molecule has 0 radical (unpaired) electrons. The molecular formula is C14H19F3N2O. The van der Waals surface area contributed by atoms with Gasteiger partial charge in [-0.05, 0) is 44.1 Å². The summed E-state index contributed by atoms with van der Waals surface area (Å²) in [4.78, 5) is 2.30. The second kappa shape index (κ2) is 6.35. The maximum Gasteiger partial charge on any atom is 0.416 e. The van der Waals surface area contributed by atoms with E-state index in [1.54, 1.807) is 0 Å². The summed E-state index contributed by atoms with van der Waals surface area (Å²) in [7, 11) is 0. The second-order valence-electron chi connectivity index (χ2n) is 5.00. The zero-order chi connectivity index (χ0) is 14.6. The quantitative estimate of drug-likeness (QED) is 0.865. The summed E-state index contributed by atoms with van der Waals surface area (Å²) in [6.07, 6.45) is -0.714. The average molecular weight is 288 g/mol. The van der Waals surface area contributed by atoms with Crippen LogP contribution in [0.3, 0.4) is 0 Å². The number of nitrogen functional groups attached to an aromatic ring is 1. The van der Waals surface area contributed by atoms with Gasteiger partial charge in [-0.2, -0.15) is 13.2 Å². The SMILES string of the molecule is Nc1cc(C(F)(F)F)ccc1OCCN1CCCCC1. The highest BCUT2D eigenvalue weighted by Gasteiger charge is 2.30. The van der Waals surface area contributed by atoms with Crippen molar-refractivity contribution in [2.75, 3.05) is 32.0 Å². The number of nitrogens with two attached hydrogens (primary N) is 1. The number of benzene rings is 1. The third kappa shape index (κ3) is 4.03. The van der Waals surface area contributed by atoms with Crippen molar-refractivity contribution in [3.63, 3.8) is 0 Å². The smallest absolute Gasteiger partial charge is 0.416 e. The second-order valence-corrected chi connectivity index (χ2v) is 5.00. The van der Waals surface area contributed by atoms with Gasteiger partial charge in [0.2, 0.25) is 0 Å². The van der Waals surface area contributed by atoms with Gasteiger partial charge < -0.3 is 10.5 Å². The van der Waals surface area contributed by atoms with Crippen molar-refractivity contribution < 1.29 is 17.9 Å². The molecule has 1 aliphatic rings. The van der Waals surface area contributed by atoms with Crippen molar-refractivity contribution >= 4 is 5.69 Å². The minimum Gasteiger partial charge on any atom is -0.490 e. The Kier molecular flexibility index (Phi) is 4.75. The Hall–Kier alpha value is -1.43.